The van der Waals surface area contributed by atoms with Crippen molar-refractivity contribution in [1.29, 1.82) is 0 Å². The van der Waals surface area contributed by atoms with Crippen LogP contribution in [0, 0.1) is 0 Å². The summed E-state index contributed by atoms with van der Waals surface area (Å²) in [7, 11) is -3.16. The number of benzene rings is 1. The minimum atomic E-state index is -3.16. The molecule has 0 saturated carbocycles. The summed E-state index contributed by atoms with van der Waals surface area (Å²) in [6, 6.07) is 6.56. The van der Waals surface area contributed by atoms with Gasteiger partial charge in [0.1, 0.15) is 18.1 Å². The molecule has 30 heavy (non-hydrogen) atoms. The fraction of sp³-hybridized carbons (Fsp3) is 0.550. The van der Waals surface area contributed by atoms with Crippen molar-refractivity contribution >= 4 is 33.1 Å². The standard InChI is InChI=1S/C20H25N3O6S/c24-19-7-6-18(22-23(19)15-8-10-30(26,27)13-15)20(25)21-14-3-1-4-16(11-14)29-12-17-5-2-9-28-17/h1,3-4,11,15,17H,2,5-10,12-13H2,(H,21,25). The maximum absolute atomic E-state index is 12.7. The van der Waals surface area contributed by atoms with Gasteiger partial charge in [-0.05, 0) is 31.4 Å². The Bertz CT molecular complexity index is 955. The second-order valence-electron chi connectivity index (χ2n) is 7.77. The van der Waals surface area contributed by atoms with E-state index in [2.05, 4.69) is 10.4 Å². The molecule has 0 radical (unpaired) electrons. The van der Waals surface area contributed by atoms with E-state index in [0.29, 0.717) is 24.5 Å². The molecule has 3 heterocycles. The summed E-state index contributed by atoms with van der Waals surface area (Å²) < 4.78 is 34.8. The first-order chi connectivity index (χ1) is 14.4. The Morgan fingerprint density at radius 2 is 2.17 bits per heavy atom. The van der Waals surface area contributed by atoms with Gasteiger partial charge in [0.15, 0.2) is 9.84 Å². The highest BCUT2D eigenvalue weighted by Gasteiger charge is 2.37. The molecule has 2 atom stereocenters. The third kappa shape index (κ3) is 4.99. The largest absolute Gasteiger partial charge is 0.491 e. The number of nitrogens with zero attached hydrogens (tertiary/aromatic N) is 2. The van der Waals surface area contributed by atoms with Crippen molar-refractivity contribution < 1.29 is 27.5 Å². The molecule has 1 N–H and O–H groups in total. The second kappa shape index (κ2) is 8.73. The zero-order valence-corrected chi connectivity index (χ0v) is 17.4. The van der Waals surface area contributed by atoms with Gasteiger partial charge in [-0.1, -0.05) is 6.07 Å². The third-order valence-corrected chi connectivity index (χ3v) is 7.18. The van der Waals surface area contributed by atoms with E-state index in [0.717, 1.165) is 19.4 Å². The highest BCUT2D eigenvalue weighted by molar-refractivity contribution is 7.91. The lowest BCUT2D eigenvalue weighted by molar-refractivity contribution is -0.133. The Labute approximate surface area is 175 Å². The van der Waals surface area contributed by atoms with Gasteiger partial charge in [-0.3, -0.25) is 9.59 Å². The number of carbonyl (C=O) groups excluding carboxylic acids is 2. The van der Waals surface area contributed by atoms with Crippen molar-refractivity contribution in [1.82, 2.24) is 5.01 Å². The number of hydrogen-bond acceptors (Lipinski definition) is 7. The molecule has 0 aromatic heterocycles. The van der Waals surface area contributed by atoms with Crippen molar-refractivity contribution in [2.24, 2.45) is 5.10 Å². The molecule has 3 aliphatic rings. The zero-order valence-electron chi connectivity index (χ0n) is 16.6. The molecular weight excluding hydrogens is 410 g/mol. The lowest BCUT2D eigenvalue weighted by atomic mass is 10.1. The van der Waals surface area contributed by atoms with Crippen LogP contribution in [-0.2, 0) is 24.2 Å². The number of amides is 2. The quantitative estimate of drug-likeness (QED) is 0.721. The summed E-state index contributed by atoms with van der Waals surface area (Å²) in [4.78, 5) is 24.9. The Hall–Kier alpha value is -2.46. The van der Waals surface area contributed by atoms with Crippen molar-refractivity contribution in [2.75, 3.05) is 30.0 Å². The molecule has 2 unspecified atom stereocenters. The number of anilines is 1. The molecular formula is C20H25N3O6S. The van der Waals surface area contributed by atoms with Crippen molar-refractivity contribution in [3.05, 3.63) is 24.3 Å². The van der Waals surface area contributed by atoms with Crippen LogP contribution >= 0.6 is 0 Å². The molecule has 0 bridgehead atoms. The fourth-order valence-corrected chi connectivity index (χ4v) is 5.51. The van der Waals surface area contributed by atoms with Crippen LogP contribution in [0.15, 0.2) is 29.4 Å². The maximum atomic E-state index is 12.7. The Kier molecular flexibility index (Phi) is 6.05. The van der Waals surface area contributed by atoms with Crippen LogP contribution in [0.3, 0.4) is 0 Å². The number of hydrogen-bond donors (Lipinski definition) is 1. The lowest BCUT2D eigenvalue weighted by Gasteiger charge is -2.27. The molecule has 3 aliphatic heterocycles. The maximum Gasteiger partial charge on any atom is 0.271 e. The Morgan fingerprint density at radius 1 is 1.30 bits per heavy atom. The van der Waals surface area contributed by atoms with Gasteiger partial charge in [-0.2, -0.15) is 5.10 Å². The van der Waals surface area contributed by atoms with Gasteiger partial charge >= 0.3 is 0 Å². The van der Waals surface area contributed by atoms with E-state index >= 15 is 0 Å². The van der Waals surface area contributed by atoms with Crippen LogP contribution < -0.4 is 10.1 Å². The van der Waals surface area contributed by atoms with Gasteiger partial charge in [-0.25, -0.2) is 13.4 Å². The second-order valence-corrected chi connectivity index (χ2v) is 10.00. The van der Waals surface area contributed by atoms with E-state index in [4.69, 9.17) is 9.47 Å². The van der Waals surface area contributed by atoms with Crippen molar-refractivity contribution in [3.63, 3.8) is 0 Å². The molecule has 162 valence electrons. The van der Waals surface area contributed by atoms with Crippen molar-refractivity contribution in [3.8, 4) is 5.75 Å². The predicted octanol–water partition coefficient (Wildman–Crippen LogP) is 1.35. The van der Waals surface area contributed by atoms with Crippen LogP contribution in [0.5, 0.6) is 5.75 Å². The highest BCUT2D eigenvalue weighted by atomic mass is 32.2. The van der Waals surface area contributed by atoms with Crippen molar-refractivity contribution in [2.45, 2.75) is 44.2 Å². The number of carbonyl (C=O) groups is 2. The number of ether oxygens (including phenoxy) is 2. The van der Waals surface area contributed by atoms with E-state index in [1.807, 2.05) is 6.07 Å². The SMILES string of the molecule is O=C(Nc1cccc(OCC2CCCO2)c1)C1=NN(C2CCS(=O)(=O)C2)C(=O)CC1. The first-order valence-electron chi connectivity index (χ1n) is 10.2. The van der Waals surface area contributed by atoms with Crippen LogP contribution in [0.1, 0.15) is 32.1 Å². The third-order valence-electron chi connectivity index (χ3n) is 5.43. The van der Waals surface area contributed by atoms with E-state index in [9.17, 15) is 18.0 Å². The summed E-state index contributed by atoms with van der Waals surface area (Å²) in [6.45, 7) is 1.23. The van der Waals surface area contributed by atoms with E-state index in [1.165, 1.54) is 5.01 Å². The molecule has 0 aliphatic carbocycles. The molecule has 0 spiro atoms. The molecule has 2 saturated heterocycles. The molecule has 1 aromatic rings. The van der Waals surface area contributed by atoms with Gasteiger partial charge in [0, 0.05) is 31.2 Å². The topological polar surface area (TPSA) is 114 Å². The summed E-state index contributed by atoms with van der Waals surface area (Å²) in [5, 5.41) is 8.16. The minimum Gasteiger partial charge on any atom is -0.491 e. The number of nitrogens with one attached hydrogen (secondary N) is 1. The first kappa shape index (κ1) is 20.8. The molecule has 1 aromatic carbocycles. The monoisotopic (exact) mass is 435 g/mol. The smallest absolute Gasteiger partial charge is 0.271 e. The van der Waals surface area contributed by atoms with Crippen LogP contribution in [-0.4, -0.2) is 67.8 Å². The predicted molar refractivity (Wildman–Crippen MR) is 110 cm³/mol. The van der Waals surface area contributed by atoms with Gasteiger partial charge in [0.2, 0.25) is 5.91 Å². The average Bonchev–Trinajstić information content (AvgIpc) is 3.36. The van der Waals surface area contributed by atoms with Crippen LogP contribution in [0.25, 0.3) is 0 Å². The van der Waals surface area contributed by atoms with Gasteiger partial charge < -0.3 is 14.8 Å². The summed E-state index contributed by atoms with van der Waals surface area (Å²) in [6.07, 6.45) is 2.81. The number of sulfone groups is 1. The van der Waals surface area contributed by atoms with E-state index < -0.39 is 21.8 Å². The van der Waals surface area contributed by atoms with Gasteiger partial charge in [0.05, 0.1) is 23.7 Å². The molecule has 2 amide bonds. The number of rotatable bonds is 6. The Balaban J connectivity index is 1.39. The fourth-order valence-electron chi connectivity index (χ4n) is 3.82. The number of hydrazone groups is 1. The zero-order chi connectivity index (χ0) is 21.1. The normalized spacial score (nSPS) is 25.8. The van der Waals surface area contributed by atoms with E-state index in [-0.39, 0.29) is 42.1 Å². The van der Waals surface area contributed by atoms with Gasteiger partial charge in [-0.15, -0.1) is 0 Å². The van der Waals surface area contributed by atoms with Gasteiger partial charge in [0.25, 0.3) is 5.91 Å². The first-order valence-corrected chi connectivity index (χ1v) is 12.0. The molecule has 2 fully saturated rings. The van der Waals surface area contributed by atoms with Crippen LogP contribution in [0.2, 0.25) is 0 Å². The highest BCUT2D eigenvalue weighted by Crippen LogP contribution is 2.23. The summed E-state index contributed by atoms with van der Waals surface area (Å²) in [5.41, 5.74) is 0.768. The van der Waals surface area contributed by atoms with Crippen LogP contribution in [0.4, 0.5) is 5.69 Å². The minimum absolute atomic E-state index is 0.0389. The molecule has 4 rings (SSSR count). The lowest BCUT2D eigenvalue weighted by Crippen LogP contribution is -2.42. The Morgan fingerprint density at radius 3 is 2.90 bits per heavy atom. The molecule has 9 nitrogen and oxygen atoms in total. The average molecular weight is 436 g/mol. The van der Waals surface area contributed by atoms with E-state index in [1.54, 1.807) is 18.2 Å². The summed E-state index contributed by atoms with van der Waals surface area (Å²) in [5.74, 6) is -0.108. The molecule has 10 heteroatoms. The summed E-state index contributed by atoms with van der Waals surface area (Å²) >= 11 is 0.